The summed E-state index contributed by atoms with van der Waals surface area (Å²) in [5.74, 6) is -2.09. The fourth-order valence-corrected chi connectivity index (χ4v) is 4.52. The summed E-state index contributed by atoms with van der Waals surface area (Å²) >= 11 is 6.02. The third-order valence-corrected chi connectivity index (χ3v) is 6.36. The van der Waals surface area contributed by atoms with Crippen LogP contribution in [0.1, 0.15) is 50.4 Å². The molecule has 1 unspecified atom stereocenters. The molecule has 1 heterocycles. The zero-order valence-electron chi connectivity index (χ0n) is 20.5. The van der Waals surface area contributed by atoms with E-state index in [9.17, 15) is 14.7 Å². The average Bonchev–Trinajstić information content (AvgIpc) is 3.09. The van der Waals surface area contributed by atoms with E-state index in [2.05, 4.69) is 0 Å². The van der Waals surface area contributed by atoms with Gasteiger partial charge in [-0.25, -0.2) is 4.39 Å². The Morgan fingerprint density at radius 2 is 1.72 bits per heavy atom. The van der Waals surface area contributed by atoms with Crippen LogP contribution in [-0.4, -0.2) is 23.4 Å². The molecule has 0 aliphatic carbocycles. The van der Waals surface area contributed by atoms with E-state index in [1.807, 2.05) is 27.7 Å². The van der Waals surface area contributed by atoms with E-state index in [-0.39, 0.29) is 22.3 Å². The second kappa shape index (κ2) is 9.78. The molecule has 1 N–H and O–H groups in total. The van der Waals surface area contributed by atoms with Crippen LogP contribution in [0, 0.1) is 5.82 Å². The van der Waals surface area contributed by atoms with Gasteiger partial charge in [-0.1, -0.05) is 50.6 Å². The van der Waals surface area contributed by atoms with Crippen LogP contribution in [0.3, 0.4) is 0 Å². The smallest absolute Gasteiger partial charge is 0.300 e. The van der Waals surface area contributed by atoms with Gasteiger partial charge in [0.2, 0.25) is 0 Å². The molecule has 0 radical (unpaired) electrons. The number of benzene rings is 3. The summed E-state index contributed by atoms with van der Waals surface area (Å²) in [7, 11) is 0. The number of aliphatic hydroxyl groups excluding tert-OH is 1. The number of ether oxygens (including phenoxy) is 1. The number of Topliss-reactive ketones (excluding diaryl/α,β-unsaturated/α-hetero) is 1. The van der Waals surface area contributed by atoms with E-state index >= 15 is 4.39 Å². The predicted octanol–water partition coefficient (Wildman–Crippen LogP) is 6.80. The number of carbonyl (C=O) groups excluding carboxylic acids is 2. The number of rotatable bonds is 5. The van der Waals surface area contributed by atoms with Gasteiger partial charge in [0, 0.05) is 27.4 Å². The number of halogens is 2. The molecule has 186 valence electrons. The number of hydrogen-bond donors (Lipinski definition) is 1. The molecule has 0 spiro atoms. The Bertz CT molecular complexity index is 1360. The van der Waals surface area contributed by atoms with Crippen LogP contribution in [-0.2, 0) is 15.0 Å². The average molecular weight is 508 g/mol. The van der Waals surface area contributed by atoms with Crippen LogP contribution >= 0.6 is 11.6 Å². The van der Waals surface area contributed by atoms with Gasteiger partial charge < -0.3 is 9.84 Å². The first-order valence-corrected chi connectivity index (χ1v) is 12.0. The summed E-state index contributed by atoms with van der Waals surface area (Å²) in [6.07, 6.45) is 0. The normalized spacial score (nSPS) is 17.5. The van der Waals surface area contributed by atoms with Gasteiger partial charge in [0.25, 0.3) is 11.7 Å². The molecule has 4 rings (SSSR count). The van der Waals surface area contributed by atoms with E-state index < -0.39 is 23.5 Å². The molecule has 1 saturated heterocycles. The first kappa shape index (κ1) is 25.5. The fourth-order valence-electron chi connectivity index (χ4n) is 4.39. The molecule has 0 saturated carbocycles. The third kappa shape index (κ3) is 4.61. The van der Waals surface area contributed by atoms with Crippen molar-refractivity contribution in [1.82, 2.24) is 0 Å². The Morgan fingerprint density at radius 1 is 1.06 bits per heavy atom. The van der Waals surface area contributed by atoms with Crippen molar-refractivity contribution in [3.8, 4) is 5.75 Å². The number of amides is 1. The van der Waals surface area contributed by atoms with Gasteiger partial charge in [-0.3, -0.25) is 14.5 Å². The molecular weight excluding hydrogens is 481 g/mol. The van der Waals surface area contributed by atoms with Gasteiger partial charge in [-0.05, 0) is 60.9 Å². The number of hydrogen-bond acceptors (Lipinski definition) is 4. The van der Waals surface area contributed by atoms with Crippen molar-refractivity contribution in [1.29, 1.82) is 0 Å². The first-order chi connectivity index (χ1) is 17.0. The monoisotopic (exact) mass is 507 g/mol. The minimum Gasteiger partial charge on any atom is -0.507 e. The maximum atomic E-state index is 15.1. The number of anilines is 1. The SMILES string of the molecule is CCOc1ccc(/C(O)=C2\C(=O)C(=O)N(c3ccc(Cl)cc3)C2c2ccccc2F)cc1C(C)(C)C. The lowest BCUT2D eigenvalue weighted by Gasteiger charge is -2.26. The summed E-state index contributed by atoms with van der Waals surface area (Å²) in [5.41, 5.74) is 1.08. The maximum absolute atomic E-state index is 15.1. The highest BCUT2D eigenvalue weighted by atomic mass is 35.5. The highest BCUT2D eigenvalue weighted by Crippen LogP contribution is 2.44. The first-order valence-electron chi connectivity index (χ1n) is 11.6. The number of ketones is 1. The van der Waals surface area contributed by atoms with Crippen molar-refractivity contribution in [3.63, 3.8) is 0 Å². The van der Waals surface area contributed by atoms with Crippen LogP contribution in [0.2, 0.25) is 5.02 Å². The summed E-state index contributed by atoms with van der Waals surface area (Å²) in [6, 6.07) is 16.2. The van der Waals surface area contributed by atoms with E-state index in [0.717, 1.165) is 5.56 Å². The van der Waals surface area contributed by atoms with Gasteiger partial charge in [0.15, 0.2) is 0 Å². The zero-order chi connectivity index (χ0) is 26.2. The second-order valence-electron chi connectivity index (χ2n) is 9.56. The van der Waals surface area contributed by atoms with E-state index in [0.29, 0.717) is 28.6 Å². The largest absolute Gasteiger partial charge is 0.507 e. The van der Waals surface area contributed by atoms with Crippen molar-refractivity contribution in [2.24, 2.45) is 0 Å². The Labute approximate surface area is 214 Å². The van der Waals surface area contributed by atoms with Crippen LogP contribution in [0.4, 0.5) is 10.1 Å². The lowest BCUT2D eigenvalue weighted by molar-refractivity contribution is -0.132. The topological polar surface area (TPSA) is 66.8 Å². The molecule has 1 atom stereocenters. The Morgan fingerprint density at radius 3 is 2.33 bits per heavy atom. The zero-order valence-corrected chi connectivity index (χ0v) is 21.3. The minimum atomic E-state index is -1.17. The van der Waals surface area contributed by atoms with Crippen LogP contribution in [0.15, 0.2) is 72.3 Å². The van der Waals surface area contributed by atoms with Crippen molar-refractivity contribution in [3.05, 3.63) is 99.8 Å². The van der Waals surface area contributed by atoms with E-state index in [1.54, 1.807) is 48.5 Å². The highest BCUT2D eigenvalue weighted by molar-refractivity contribution is 6.51. The van der Waals surface area contributed by atoms with Crippen LogP contribution in [0.5, 0.6) is 5.75 Å². The quantitative estimate of drug-likeness (QED) is 0.234. The molecule has 0 aromatic heterocycles. The summed E-state index contributed by atoms with van der Waals surface area (Å²) < 4.78 is 20.8. The van der Waals surface area contributed by atoms with E-state index in [4.69, 9.17) is 16.3 Å². The molecular formula is C29H27ClFNO4. The molecule has 7 heteroatoms. The Kier molecular flexibility index (Phi) is 6.92. The minimum absolute atomic E-state index is 0.0928. The second-order valence-corrected chi connectivity index (χ2v) is 10.00. The highest BCUT2D eigenvalue weighted by Gasteiger charge is 2.47. The molecule has 1 aliphatic rings. The van der Waals surface area contributed by atoms with Crippen LogP contribution < -0.4 is 9.64 Å². The van der Waals surface area contributed by atoms with Gasteiger partial charge in [0.05, 0.1) is 18.2 Å². The van der Waals surface area contributed by atoms with Gasteiger partial charge in [0.1, 0.15) is 17.3 Å². The van der Waals surface area contributed by atoms with Crippen LogP contribution in [0.25, 0.3) is 5.76 Å². The lowest BCUT2D eigenvalue weighted by Crippen LogP contribution is -2.29. The van der Waals surface area contributed by atoms with Crippen molar-refractivity contribution in [2.45, 2.75) is 39.2 Å². The van der Waals surface area contributed by atoms with Crippen molar-refractivity contribution in [2.75, 3.05) is 11.5 Å². The molecule has 3 aromatic carbocycles. The van der Waals surface area contributed by atoms with E-state index in [1.165, 1.54) is 23.1 Å². The molecule has 36 heavy (non-hydrogen) atoms. The summed E-state index contributed by atoms with van der Waals surface area (Å²) in [5, 5.41) is 11.9. The number of carbonyl (C=O) groups is 2. The third-order valence-electron chi connectivity index (χ3n) is 6.11. The molecule has 5 nitrogen and oxygen atoms in total. The molecule has 1 aliphatic heterocycles. The van der Waals surface area contributed by atoms with Crippen molar-refractivity contribution >= 4 is 34.7 Å². The lowest BCUT2D eigenvalue weighted by atomic mass is 9.84. The van der Waals surface area contributed by atoms with Gasteiger partial charge in [-0.15, -0.1) is 0 Å². The maximum Gasteiger partial charge on any atom is 0.300 e. The predicted molar refractivity (Wildman–Crippen MR) is 139 cm³/mol. The molecule has 1 fully saturated rings. The van der Waals surface area contributed by atoms with Gasteiger partial charge in [-0.2, -0.15) is 0 Å². The molecule has 3 aromatic rings. The molecule has 0 bridgehead atoms. The Balaban J connectivity index is 1.96. The number of nitrogens with zero attached hydrogens (tertiary/aromatic N) is 1. The Hall–Kier alpha value is -3.64. The summed E-state index contributed by atoms with van der Waals surface area (Å²) in [6.45, 7) is 8.37. The molecule has 1 amide bonds. The summed E-state index contributed by atoms with van der Waals surface area (Å²) in [4.78, 5) is 27.8. The van der Waals surface area contributed by atoms with Crippen molar-refractivity contribution < 1.29 is 23.8 Å². The number of aliphatic hydroxyl groups is 1. The fraction of sp³-hybridized carbons (Fsp3) is 0.241. The standard InChI is InChI=1S/C29H27ClFNO4/c1-5-36-23-15-10-17(16-21(23)29(2,3)4)26(33)24-25(20-8-6-7-9-22(20)31)32(28(35)27(24)34)19-13-11-18(30)12-14-19/h6-16,25,33H,5H2,1-4H3/b26-24+. The van der Waals surface area contributed by atoms with Gasteiger partial charge >= 0.3 is 0 Å².